The first-order valence-electron chi connectivity index (χ1n) is 6.89. The number of hydrogen-bond acceptors (Lipinski definition) is 7. The molecule has 1 aromatic rings. The summed E-state index contributed by atoms with van der Waals surface area (Å²) in [4.78, 5) is 32.4. The number of rotatable bonds is 9. The molecule has 0 radical (unpaired) electrons. The first-order chi connectivity index (χ1) is 10.9. The number of nitrogens with one attached hydrogen (secondary N) is 2. The summed E-state index contributed by atoms with van der Waals surface area (Å²) in [5.74, 6) is 1.30. The van der Waals surface area contributed by atoms with Crippen LogP contribution in [0.2, 0.25) is 0 Å². The Bertz CT molecular complexity index is 596. The maximum atomic E-state index is 12.2. The Morgan fingerprint density at radius 1 is 1.30 bits per heavy atom. The van der Waals surface area contributed by atoms with Gasteiger partial charge in [-0.05, 0) is 31.0 Å². The molecular formula is C13H18N4O5S. The number of non-ortho nitro benzene ring substituents is 1. The van der Waals surface area contributed by atoms with Crippen LogP contribution in [0.1, 0.15) is 13.3 Å². The highest BCUT2D eigenvalue weighted by atomic mass is 32.2. The lowest BCUT2D eigenvalue weighted by molar-refractivity contribution is -0.393. The van der Waals surface area contributed by atoms with Crippen molar-refractivity contribution in [1.82, 2.24) is 5.32 Å². The number of carbonyl (C=O) groups is 1. The highest BCUT2D eigenvalue weighted by Gasteiger charge is 2.23. The van der Waals surface area contributed by atoms with Crippen molar-refractivity contribution in [3.05, 3.63) is 38.4 Å². The number of nitrogens with zero attached hydrogens (tertiary/aromatic N) is 2. The highest BCUT2D eigenvalue weighted by Crippen LogP contribution is 2.29. The Hall–Kier alpha value is -2.20. The number of amides is 1. The predicted octanol–water partition coefficient (Wildman–Crippen LogP) is 2.17. The Balaban J connectivity index is 2.91. The van der Waals surface area contributed by atoms with Crippen LogP contribution in [0.4, 0.5) is 17.1 Å². The van der Waals surface area contributed by atoms with Crippen LogP contribution in [-0.4, -0.2) is 40.3 Å². The van der Waals surface area contributed by atoms with E-state index in [1.165, 1.54) is 6.07 Å². The van der Waals surface area contributed by atoms with Gasteiger partial charge >= 0.3 is 0 Å². The van der Waals surface area contributed by atoms with Crippen LogP contribution in [0.25, 0.3) is 0 Å². The van der Waals surface area contributed by atoms with Gasteiger partial charge < -0.3 is 10.6 Å². The summed E-state index contributed by atoms with van der Waals surface area (Å²) in [6.07, 6.45) is 0.571. The summed E-state index contributed by atoms with van der Waals surface area (Å²) in [6.45, 7) is 2.01. The molecule has 10 heteroatoms. The average molecular weight is 342 g/mol. The molecule has 0 heterocycles. The molecule has 1 aromatic carbocycles. The number of benzene rings is 1. The summed E-state index contributed by atoms with van der Waals surface area (Å²) >= 11 is 1.69. The number of carbonyl (C=O) groups excluding carboxylic acids is 1. The molecule has 0 bridgehead atoms. The van der Waals surface area contributed by atoms with Crippen molar-refractivity contribution < 1.29 is 14.6 Å². The number of nitro groups is 2. The Morgan fingerprint density at radius 3 is 2.52 bits per heavy atom. The number of nitro benzene ring substituents is 2. The van der Waals surface area contributed by atoms with Crippen molar-refractivity contribution >= 4 is 34.7 Å². The quantitative estimate of drug-likeness (QED) is 0.400. The van der Waals surface area contributed by atoms with Crippen molar-refractivity contribution in [3.63, 3.8) is 0 Å². The molecule has 1 amide bonds. The van der Waals surface area contributed by atoms with Crippen molar-refractivity contribution in [2.75, 3.05) is 23.9 Å². The molecule has 0 saturated heterocycles. The summed E-state index contributed by atoms with van der Waals surface area (Å²) in [5, 5.41) is 27.1. The summed E-state index contributed by atoms with van der Waals surface area (Å²) < 4.78 is 0. The molecule has 0 aromatic heterocycles. The van der Waals surface area contributed by atoms with Crippen molar-refractivity contribution in [3.8, 4) is 0 Å². The first-order valence-corrected chi connectivity index (χ1v) is 8.04. The van der Waals surface area contributed by atoms with Gasteiger partial charge in [0.1, 0.15) is 5.69 Å². The monoisotopic (exact) mass is 342 g/mol. The minimum absolute atomic E-state index is 0.0611. The molecule has 0 aliphatic rings. The highest BCUT2D eigenvalue weighted by molar-refractivity contribution is 7.99. The van der Waals surface area contributed by atoms with Crippen LogP contribution < -0.4 is 10.6 Å². The molecular weight excluding hydrogens is 324 g/mol. The van der Waals surface area contributed by atoms with Crippen LogP contribution in [-0.2, 0) is 4.79 Å². The molecule has 9 nitrogen and oxygen atoms in total. The zero-order valence-electron chi connectivity index (χ0n) is 12.8. The van der Waals surface area contributed by atoms with Gasteiger partial charge in [-0.25, -0.2) is 0 Å². The molecule has 2 N–H and O–H groups in total. The fourth-order valence-corrected chi connectivity index (χ4v) is 2.55. The Kier molecular flexibility index (Phi) is 7.42. The molecule has 0 saturated carbocycles. The Labute approximate surface area is 137 Å². The molecule has 0 unspecified atom stereocenters. The van der Waals surface area contributed by atoms with Crippen LogP contribution in [0.5, 0.6) is 0 Å². The summed E-state index contributed by atoms with van der Waals surface area (Å²) in [6, 6.07) is 2.62. The molecule has 0 aliphatic carbocycles. The van der Waals surface area contributed by atoms with E-state index in [0.29, 0.717) is 6.42 Å². The molecule has 1 rings (SSSR count). The van der Waals surface area contributed by atoms with Crippen molar-refractivity contribution in [2.24, 2.45) is 0 Å². The van der Waals surface area contributed by atoms with Crippen molar-refractivity contribution in [2.45, 2.75) is 19.4 Å². The van der Waals surface area contributed by atoms with Crippen molar-refractivity contribution in [1.29, 1.82) is 0 Å². The number of anilines is 1. The third kappa shape index (κ3) is 5.49. The fraction of sp³-hybridized carbons (Fsp3) is 0.462. The lowest BCUT2D eigenvalue weighted by Gasteiger charge is -2.15. The van der Waals surface area contributed by atoms with Gasteiger partial charge in [0.15, 0.2) is 0 Å². The molecule has 126 valence electrons. The fourth-order valence-electron chi connectivity index (χ4n) is 1.86. The third-order valence-electron chi connectivity index (χ3n) is 3.07. The number of thioether (sulfide) groups is 1. The van der Waals surface area contributed by atoms with Gasteiger partial charge in [-0.3, -0.25) is 25.0 Å². The third-order valence-corrected chi connectivity index (χ3v) is 4.00. The zero-order chi connectivity index (χ0) is 17.4. The largest absolute Gasteiger partial charge is 0.319 e. The second kappa shape index (κ2) is 9.06. The minimum Gasteiger partial charge on any atom is -0.319 e. The average Bonchev–Trinajstić information content (AvgIpc) is 2.51. The van der Waals surface area contributed by atoms with Gasteiger partial charge in [0.05, 0.1) is 22.0 Å². The first kappa shape index (κ1) is 18.8. The van der Waals surface area contributed by atoms with Gasteiger partial charge in [-0.15, -0.1) is 0 Å². The molecule has 1 atom stereocenters. The molecule has 0 aliphatic heterocycles. The zero-order valence-corrected chi connectivity index (χ0v) is 13.6. The van der Waals surface area contributed by atoms with Gasteiger partial charge in [-0.1, -0.05) is 6.92 Å². The number of hydrogen-bond donors (Lipinski definition) is 2. The second-order valence-corrected chi connectivity index (χ2v) is 5.93. The lowest BCUT2D eigenvalue weighted by Crippen LogP contribution is -2.39. The van der Waals surface area contributed by atoms with E-state index in [-0.39, 0.29) is 5.69 Å². The van der Waals surface area contributed by atoms with E-state index in [9.17, 15) is 25.0 Å². The maximum absolute atomic E-state index is 12.2. The van der Waals surface area contributed by atoms with Gasteiger partial charge in [0.25, 0.3) is 11.4 Å². The maximum Gasteiger partial charge on any atom is 0.299 e. The van der Waals surface area contributed by atoms with Gasteiger partial charge in [0, 0.05) is 6.07 Å². The van der Waals surface area contributed by atoms with Crippen LogP contribution in [0.15, 0.2) is 18.2 Å². The SMILES string of the molecule is CCSCC[C@H](NC)C(=O)Nc1ccc([N+](=O)[O-])cc1[N+](=O)[O-]. The topological polar surface area (TPSA) is 127 Å². The van der Waals surface area contributed by atoms with E-state index >= 15 is 0 Å². The van der Waals surface area contributed by atoms with E-state index in [0.717, 1.165) is 23.6 Å². The smallest absolute Gasteiger partial charge is 0.299 e. The van der Waals surface area contributed by atoms with Crippen LogP contribution >= 0.6 is 11.8 Å². The summed E-state index contributed by atoms with van der Waals surface area (Å²) in [5.41, 5.74) is -0.974. The van der Waals surface area contributed by atoms with Crippen LogP contribution in [0, 0.1) is 20.2 Å². The van der Waals surface area contributed by atoms with Gasteiger partial charge in [0.2, 0.25) is 5.91 Å². The summed E-state index contributed by atoms with van der Waals surface area (Å²) in [7, 11) is 1.63. The minimum atomic E-state index is -0.760. The van der Waals surface area contributed by atoms with Crippen LogP contribution in [0.3, 0.4) is 0 Å². The lowest BCUT2D eigenvalue weighted by atomic mass is 10.2. The standard InChI is InChI=1S/C13H18N4O5S/c1-3-23-7-6-11(14-2)13(18)15-10-5-4-9(16(19)20)8-12(10)17(21)22/h4-5,8,11,14H,3,6-7H2,1-2H3,(H,15,18)/t11-/m0/s1. The molecule has 23 heavy (non-hydrogen) atoms. The van der Waals surface area contributed by atoms with E-state index < -0.39 is 33.2 Å². The predicted molar refractivity (Wildman–Crippen MR) is 88.8 cm³/mol. The molecule has 0 spiro atoms. The van der Waals surface area contributed by atoms with E-state index in [1.54, 1.807) is 18.8 Å². The number of likely N-dealkylation sites (N-methyl/N-ethyl adjacent to an activating group) is 1. The van der Waals surface area contributed by atoms with E-state index in [1.807, 2.05) is 6.92 Å². The second-order valence-electron chi connectivity index (χ2n) is 4.53. The normalized spacial score (nSPS) is 11.7. The van der Waals surface area contributed by atoms with Gasteiger partial charge in [-0.2, -0.15) is 11.8 Å². The molecule has 0 fully saturated rings. The van der Waals surface area contributed by atoms with E-state index in [4.69, 9.17) is 0 Å². The Morgan fingerprint density at radius 2 is 2.00 bits per heavy atom. The van der Waals surface area contributed by atoms with E-state index in [2.05, 4.69) is 10.6 Å².